The first-order valence-electron chi connectivity index (χ1n) is 6.47. The SMILES string of the molecule is CCCOc1ccc(C(O)c2cc(Br)ccc2Br)cc1. The summed E-state index contributed by atoms with van der Waals surface area (Å²) < 4.78 is 7.37. The van der Waals surface area contributed by atoms with Crippen LogP contribution >= 0.6 is 31.9 Å². The molecule has 2 rings (SSSR count). The van der Waals surface area contributed by atoms with Gasteiger partial charge in [0.2, 0.25) is 0 Å². The second-order valence-corrected chi connectivity index (χ2v) is 6.26. The molecule has 0 aliphatic rings. The molecule has 1 atom stereocenters. The molecule has 4 heteroatoms. The van der Waals surface area contributed by atoms with Crippen molar-refractivity contribution in [3.05, 3.63) is 62.5 Å². The van der Waals surface area contributed by atoms with Gasteiger partial charge in [-0.15, -0.1) is 0 Å². The zero-order chi connectivity index (χ0) is 14.5. The first kappa shape index (κ1) is 15.5. The number of ether oxygens (including phenoxy) is 1. The predicted molar refractivity (Wildman–Crippen MR) is 88.1 cm³/mol. The highest BCUT2D eigenvalue weighted by molar-refractivity contribution is 9.11. The lowest BCUT2D eigenvalue weighted by Crippen LogP contribution is -2.01. The number of rotatable bonds is 5. The van der Waals surface area contributed by atoms with E-state index in [2.05, 4.69) is 38.8 Å². The third-order valence-electron chi connectivity index (χ3n) is 2.92. The van der Waals surface area contributed by atoms with E-state index in [0.717, 1.165) is 32.2 Å². The van der Waals surface area contributed by atoms with Gasteiger partial charge in [0.1, 0.15) is 11.9 Å². The number of halogens is 2. The third-order valence-corrected chi connectivity index (χ3v) is 4.14. The van der Waals surface area contributed by atoms with Crippen molar-refractivity contribution in [3.8, 4) is 5.75 Å². The van der Waals surface area contributed by atoms with E-state index in [1.807, 2.05) is 42.5 Å². The van der Waals surface area contributed by atoms with Gasteiger partial charge in [-0.2, -0.15) is 0 Å². The molecule has 1 unspecified atom stereocenters. The summed E-state index contributed by atoms with van der Waals surface area (Å²) in [5.74, 6) is 0.830. The van der Waals surface area contributed by atoms with Crippen molar-refractivity contribution in [2.75, 3.05) is 6.61 Å². The highest BCUT2D eigenvalue weighted by Gasteiger charge is 2.14. The Morgan fingerprint density at radius 2 is 1.80 bits per heavy atom. The normalized spacial score (nSPS) is 12.2. The molecule has 0 heterocycles. The Labute approximate surface area is 136 Å². The van der Waals surface area contributed by atoms with Crippen LogP contribution in [-0.4, -0.2) is 11.7 Å². The first-order chi connectivity index (χ1) is 9.61. The smallest absolute Gasteiger partial charge is 0.119 e. The molecule has 0 aliphatic carbocycles. The molecule has 2 nitrogen and oxygen atoms in total. The summed E-state index contributed by atoms with van der Waals surface area (Å²) in [5, 5.41) is 10.5. The average molecular weight is 400 g/mol. The number of aliphatic hydroxyl groups excluding tert-OH is 1. The molecule has 2 aromatic rings. The molecule has 0 aromatic heterocycles. The van der Waals surface area contributed by atoms with E-state index < -0.39 is 6.10 Å². The summed E-state index contributed by atoms with van der Waals surface area (Å²) in [6, 6.07) is 13.3. The summed E-state index contributed by atoms with van der Waals surface area (Å²) >= 11 is 6.90. The fraction of sp³-hybridized carbons (Fsp3) is 0.250. The first-order valence-corrected chi connectivity index (χ1v) is 8.06. The van der Waals surface area contributed by atoms with E-state index in [4.69, 9.17) is 4.74 Å². The maximum Gasteiger partial charge on any atom is 0.119 e. The fourth-order valence-corrected chi connectivity index (χ4v) is 2.71. The summed E-state index contributed by atoms with van der Waals surface area (Å²) in [4.78, 5) is 0. The number of hydrogen-bond donors (Lipinski definition) is 1. The molecule has 0 amide bonds. The quantitative estimate of drug-likeness (QED) is 0.759. The highest BCUT2D eigenvalue weighted by Crippen LogP contribution is 2.31. The van der Waals surface area contributed by atoms with Gasteiger partial charge < -0.3 is 9.84 Å². The lowest BCUT2D eigenvalue weighted by molar-refractivity contribution is 0.219. The second-order valence-electron chi connectivity index (χ2n) is 4.49. The summed E-state index contributed by atoms with van der Waals surface area (Å²) in [6.45, 7) is 2.78. The van der Waals surface area contributed by atoms with Crippen LogP contribution in [0.3, 0.4) is 0 Å². The molecule has 0 spiro atoms. The molecule has 0 fully saturated rings. The lowest BCUT2D eigenvalue weighted by atomic mass is 10.0. The molecule has 106 valence electrons. The Bertz CT molecular complexity index is 567. The van der Waals surface area contributed by atoms with Crippen molar-refractivity contribution in [1.29, 1.82) is 0 Å². The largest absolute Gasteiger partial charge is 0.494 e. The molecule has 0 saturated heterocycles. The van der Waals surface area contributed by atoms with Crippen molar-refractivity contribution < 1.29 is 9.84 Å². The van der Waals surface area contributed by atoms with Crippen molar-refractivity contribution in [2.24, 2.45) is 0 Å². The molecule has 0 radical (unpaired) electrons. The third kappa shape index (κ3) is 3.84. The molecule has 0 bridgehead atoms. The van der Waals surface area contributed by atoms with Crippen molar-refractivity contribution >= 4 is 31.9 Å². The maximum atomic E-state index is 10.5. The minimum absolute atomic E-state index is 0.665. The molecular weight excluding hydrogens is 384 g/mol. The van der Waals surface area contributed by atoms with E-state index in [-0.39, 0.29) is 0 Å². The van der Waals surface area contributed by atoms with Crippen LogP contribution in [0.1, 0.15) is 30.6 Å². The summed E-state index contributed by atoms with van der Waals surface area (Å²) in [6.07, 6.45) is 0.317. The zero-order valence-electron chi connectivity index (χ0n) is 11.1. The predicted octanol–water partition coefficient (Wildman–Crippen LogP) is 5.08. The van der Waals surface area contributed by atoms with Crippen LogP contribution in [0.2, 0.25) is 0 Å². The summed E-state index contributed by atoms with van der Waals surface area (Å²) in [5.41, 5.74) is 1.68. The van der Waals surface area contributed by atoms with E-state index in [1.165, 1.54) is 0 Å². The van der Waals surface area contributed by atoms with Gasteiger partial charge in [-0.1, -0.05) is 50.9 Å². The molecule has 0 aliphatic heterocycles. The van der Waals surface area contributed by atoms with Gasteiger partial charge in [0.25, 0.3) is 0 Å². The Balaban J connectivity index is 2.20. The van der Waals surface area contributed by atoms with Crippen molar-refractivity contribution in [2.45, 2.75) is 19.4 Å². The van der Waals surface area contributed by atoms with Gasteiger partial charge in [0.05, 0.1) is 6.61 Å². The van der Waals surface area contributed by atoms with E-state index >= 15 is 0 Å². The topological polar surface area (TPSA) is 29.5 Å². The molecule has 1 N–H and O–H groups in total. The molecule has 2 aromatic carbocycles. The summed E-state index contributed by atoms with van der Waals surface area (Å²) in [7, 11) is 0. The van der Waals surface area contributed by atoms with Crippen LogP contribution < -0.4 is 4.74 Å². The Hall–Kier alpha value is -0.840. The van der Waals surface area contributed by atoms with Gasteiger partial charge in [0, 0.05) is 14.5 Å². The van der Waals surface area contributed by atoms with Crippen LogP contribution in [0.25, 0.3) is 0 Å². The van der Waals surface area contributed by atoms with Crippen LogP contribution in [0, 0.1) is 0 Å². The van der Waals surface area contributed by atoms with E-state index in [0.29, 0.717) is 6.61 Å². The standard InChI is InChI=1S/C16H16Br2O2/c1-2-9-20-13-6-3-11(4-7-13)16(19)14-10-12(17)5-8-15(14)18/h3-8,10,16,19H,2,9H2,1H3. The van der Waals surface area contributed by atoms with Crippen LogP contribution in [0.15, 0.2) is 51.4 Å². The van der Waals surface area contributed by atoms with Crippen LogP contribution in [-0.2, 0) is 0 Å². The van der Waals surface area contributed by atoms with Crippen LogP contribution in [0.5, 0.6) is 5.75 Å². The minimum atomic E-state index is -0.665. The number of aliphatic hydroxyl groups is 1. The zero-order valence-corrected chi connectivity index (χ0v) is 14.3. The average Bonchev–Trinajstić information content (AvgIpc) is 2.47. The Morgan fingerprint density at radius 3 is 2.45 bits per heavy atom. The fourth-order valence-electron chi connectivity index (χ4n) is 1.87. The Morgan fingerprint density at radius 1 is 1.10 bits per heavy atom. The van der Waals surface area contributed by atoms with E-state index in [1.54, 1.807) is 0 Å². The minimum Gasteiger partial charge on any atom is -0.494 e. The van der Waals surface area contributed by atoms with Gasteiger partial charge in [-0.05, 0) is 42.3 Å². The number of hydrogen-bond acceptors (Lipinski definition) is 2. The van der Waals surface area contributed by atoms with Crippen molar-refractivity contribution in [3.63, 3.8) is 0 Å². The Kier molecular flexibility index (Phi) is 5.64. The van der Waals surface area contributed by atoms with Crippen molar-refractivity contribution in [1.82, 2.24) is 0 Å². The lowest BCUT2D eigenvalue weighted by Gasteiger charge is -2.14. The van der Waals surface area contributed by atoms with E-state index in [9.17, 15) is 5.11 Å². The van der Waals surface area contributed by atoms with Gasteiger partial charge in [-0.3, -0.25) is 0 Å². The second kappa shape index (κ2) is 7.25. The van der Waals surface area contributed by atoms with Gasteiger partial charge >= 0.3 is 0 Å². The molecule has 20 heavy (non-hydrogen) atoms. The van der Waals surface area contributed by atoms with Crippen LogP contribution in [0.4, 0.5) is 0 Å². The monoisotopic (exact) mass is 398 g/mol. The maximum absolute atomic E-state index is 10.5. The molecular formula is C16H16Br2O2. The molecule has 0 saturated carbocycles. The highest BCUT2D eigenvalue weighted by atomic mass is 79.9. The number of benzene rings is 2. The van der Waals surface area contributed by atoms with Gasteiger partial charge in [0.15, 0.2) is 0 Å². The van der Waals surface area contributed by atoms with Gasteiger partial charge in [-0.25, -0.2) is 0 Å².